The van der Waals surface area contributed by atoms with E-state index >= 15 is 0 Å². The fraction of sp³-hybridized carbons (Fsp3) is 0.783. The molecule has 4 N–H and O–H groups in total. The fourth-order valence-electron chi connectivity index (χ4n) is 3.71. The van der Waals surface area contributed by atoms with Gasteiger partial charge in [0.05, 0.1) is 13.2 Å². The number of nitrogens with zero attached hydrogens (tertiary/aromatic N) is 1. The van der Waals surface area contributed by atoms with Crippen LogP contribution in [-0.4, -0.2) is 75.9 Å². The molecule has 0 bridgehead atoms. The minimum absolute atomic E-state index is 0.0240. The van der Waals surface area contributed by atoms with E-state index in [0.29, 0.717) is 56.3 Å². The molecule has 170 valence electrons. The number of aliphatic hydroxyl groups is 3. The molecular formula is C23H44NO5+. The minimum Gasteiger partial charge on any atom is -0.481 e. The van der Waals surface area contributed by atoms with Crippen molar-refractivity contribution in [3.8, 4) is 0 Å². The van der Waals surface area contributed by atoms with Gasteiger partial charge in [-0.05, 0) is 51.4 Å². The molecule has 0 aliphatic rings. The molecule has 2 unspecified atom stereocenters. The highest BCUT2D eigenvalue weighted by molar-refractivity contribution is 5.66. The molecule has 0 aliphatic heterocycles. The molecule has 29 heavy (non-hydrogen) atoms. The van der Waals surface area contributed by atoms with Gasteiger partial charge in [0, 0.05) is 6.42 Å². The summed E-state index contributed by atoms with van der Waals surface area (Å²) < 4.78 is 0.424. The fourth-order valence-corrected chi connectivity index (χ4v) is 3.71. The summed E-state index contributed by atoms with van der Waals surface area (Å²) in [4.78, 5) is 10.8. The van der Waals surface area contributed by atoms with Crippen LogP contribution in [0, 0.1) is 0 Å². The van der Waals surface area contributed by atoms with Crippen LogP contribution in [0.4, 0.5) is 0 Å². The number of allylic oxidation sites excluding steroid dienone is 4. The quantitative estimate of drug-likeness (QED) is 0.148. The Balaban J connectivity index is 5.01. The number of carboxylic acid groups (broad SMARTS) is 1. The molecule has 0 aromatic heterocycles. The summed E-state index contributed by atoms with van der Waals surface area (Å²) in [6, 6.07) is 0. The molecule has 0 rings (SSSR count). The lowest BCUT2D eigenvalue weighted by Crippen LogP contribution is -2.57. The predicted octanol–water partition coefficient (Wildman–Crippen LogP) is 3.27. The Kier molecular flexibility index (Phi) is 16.9. The number of carboxylic acids is 1. The molecule has 0 aliphatic carbocycles. The van der Waals surface area contributed by atoms with Gasteiger partial charge in [-0.1, -0.05) is 38.2 Å². The first-order valence-corrected chi connectivity index (χ1v) is 11.2. The van der Waals surface area contributed by atoms with Gasteiger partial charge in [0.1, 0.15) is 31.8 Å². The number of hydrogen-bond acceptors (Lipinski definition) is 4. The molecule has 0 aromatic carbocycles. The molecule has 0 amide bonds. The van der Waals surface area contributed by atoms with Gasteiger partial charge in [-0.15, -0.1) is 0 Å². The number of quaternary nitrogens is 1. The molecule has 0 aromatic rings. The highest BCUT2D eigenvalue weighted by Gasteiger charge is 2.32. The topological polar surface area (TPSA) is 98.0 Å². The van der Waals surface area contributed by atoms with E-state index in [0.717, 1.165) is 25.7 Å². The van der Waals surface area contributed by atoms with Crippen LogP contribution in [0.2, 0.25) is 0 Å². The molecule has 0 saturated heterocycles. The van der Waals surface area contributed by atoms with E-state index in [1.165, 1.54) is 0 Å². The first-order valence-electron chi connectivity index (χ1n) is 11.2. The van der Waals surface area contributed by atoms with E-state index in [9.17, 15) is 20.1 Å². The molecule has 6 heteroatoms. The number of aliphatic carboxylic acids is 1. The van der Waals surface area contributed by atoms with Gasteiger partial charge in [0.2, 0.25) is 0 Å². The molecule has 6 nitrogen and oxygen atoms in total. The van der Waals surface area contributed by atoms with Crippen molar-refractivity contribution in [3.05, 3.63) is 24.3 Å². The second-order valence-electron chi connectivity index (χ2n) is 7.95. The maximum Gasteiger partial charge on any atom is 0.303 e. The van der Waals surface area contributed by atoms with E-state index in [2.05, 4.69) is 38.2 Å². The Hall–Kier alpha value is -1.21. The van der Waals surface area contributed by atoms with Crippen LogP contribution >= 0.6 is 0 Å². The number of unbranched alkanes of at least 4 members (excludes halogenated alkanes) is 1. The van der Waals surface area contributed by atoms with E-state index < -0.39 is 18.2 Å². The van der Waals surface area contributed by atoms with Crippen LogP contribution in [-0.2, 0) is 4.79 Å². The van der Waals surface area contributed by atoms with E-state index in [-0.39, 0.29) is 13.0 Å². The lowest BCUT2D eigenvalue weighted by Gasteiger charge is -2.41. The van der Waals surface area contributed by atoms with Gasteiger partial charge in [0.25, 0.3) is 0 Å². The maximum absolute atomic E-state index is 10.8. The Morgan fingerprint density at radius 3 is 1.79 bits per heavy atom. The van der Waals surface area contributed by atoms with Gasteiger partial charge < -0.3 is 24.9 Å². The standard InChI is InChI=1S/C23H43NO5/c1-3-5-7-9-13-21(26)19-24(17-18-25,16-12-11-15-23(28)29)20-22(27)14-10-8-6-4-2/h5-8,21-22,25-27H,3-4,9-20H2,1-2H3/p+1/b7-5+,8-6+. The summed E-state index contributed by atoms with van der Waals surface area (Å²) in [6.07, 6.45) is 13.5. The van der Waals surface area contributed by atoms with Crippen molar-refractivity contribution in [3.63, 3.8) is 0 Å². The van der Waals surface area contributed by atoms with Crippen molar-refractivity contribution < 1.29 is 29.7 Å². The predicted molar refractivity (Wildman–Crippen MR) is 118 cm³/mol. The SMILES string of the molecule is CC/C=C/CCC(O)C[N+](CCO)(CCCCC(=O)O)CC(O)CC/C=C/CC. The molecule has 0 saturated carbocycles. The van der Waals surface area contributed by atoms with Gasteiger partial charge in [-0.2, -0.15) is 0 Å². The zero-order chi connectivity index (χ0) is 22.0. The molecule has 2 atom stereocenters. The summed E-state index contributed by atoms with van der Waals surface area (Å²) in [6.45, 7) is 6.16. The highest BCUT2D eigenvalue weighted by atomic mass is 16.4. The third-order valence-electron chi connectivity index (χ3n) is 5.18. The Labute approximate surface area is 177 Å². The van der Waals surface area contributed by atoms with Crippen LogP contribution in [0.1, 0.15) is 71.6 Å². The van der Waals surface area contributed by atoms with Crippen molar-refractivity contribution in [1.29, 1.82) is 0 Å². The third-order valence-corrected chi connectivity index (χ3v) is 5.18. The number of hydrogen-bond donors (Lipinski definition) is 4. The van der Waals surface area contributed by atoms with Crippen LogP contribution in [0.5, 0.6) is 0 Å². The highest BCUT2D eigenvalue weighted by Crippen LogP contribution is 2.17. The minimum atomic E-state index is -0.809. The molecule has 0 spiro atoms. The van der Waals surface area contributed by atoms with Crippen molar-refractivity contribution in [2.45, 2.75) is 83.8 Å². The first kappa shape index (κ1) is 27.8. The number of carbonyl (C=O) groups is 1. The second kappa shape index (κ2) is 17.6. The zero-order valence-electron chi connectivity index (χ0n) is 18.5. The Bertz CT molecular complexity index is 438. The van der Waals surface area contributed by atoms with Crippen LogP contribution in [0.25, 0.3) is 0 Å². The monoisotopic (exact) mass is 414 g/mol. The molecule has 0 fully saturated rings. The maximum atomic E-state index is 10.8. The van der Waals surface area contributed by atoms with Crippen molar-refractivity contribution in [1.82, 2.24) is 0 Å². The summed E-state index contributed by atoms with van der Waals surface area (Å²) in [5.74, 6) is -0.809. The van der Waals surface area contributed by atoms with Gasteiger partial charge in [-0.3, -0.25) is 4.79 Å². The summed E-state index contributed by atoms with van der Waals surface area (Å²) >= 11 is 0. The van der Waals surface area contributed by atoms with Crippen LogP contribution in [0.3, 0.4) is 0 Å². The van der Waals surface area contributed by atoms with Gasteiger partial charge in [-0.25, -0.2) is 0 Å². The third kappa shape index (κ3) is 15.3. The van der Waals surface area contributed by atoms with Crippen molar-refractivity contribution >= 4 is 5.97 Å². The zero-order valence-corrected chi connectivity index (χ0v) is 18.5. The van der Waals surface area contributed by atoms with Gasteiger partial charge in [0.15, 0.2) is 0 Å². The number of rotatable bonds is 19. The van der Waals surface area contributed by atoms with Crippen molar-refractivity contribution in [2.24, 2.45) is 0 Å². The normalized spacial score (nSPS) is 16.3. The first-order chi connectivity index (χ1) is 13.9. The van der Waals surface area contributed by atoms with Gasteiger partial charge >= 0.3 is 5.97 Å². The summed E-state index contributed by atoms with van der Waals surface area (Å²) in [5.41, 5.74) is 0. The molecule has 0 radical (unpaired) electrons. The largest absolute Gasteiger partial charge is 0.481 e. The smallest absolute Gasteiger partial charge is 0.303 e. The second-order valence-corrected chi connectivity index (χ2v) is 7.95. The van der Waals surface area contributed by atoms with Crippen molar-refractivity contribution in [2.75, 3.05) is 32.8 Å². The lowest BCUT2D eigenvalue weighted by atomic mass is 10.1. The summed E-state index contributed by atoms with van der Waals surface area (Å²) in [5, 5.41) is 39.7. The lowest BCUT2D eigenvalue weighted by molar-refractivity contribution is -0.934. The van der Waals surface area contributed by atoms with Crippen LogP contribution in [0.15, 0.2) is 24.3 Å². The Morgan fingerprint density at radius 2 is 1.38 bits per heavy atom. The van der Waals surface area contributed by atoms with Crippen LogP contribution < -0.4 is 0 Å². The Morgan fingerprint density at radius 1 is 0.862 bits per heavy atom. The molecular weight excluding hydrogens is 370 g/mol. The number of aliphatic hydroxyl groups excluding tert-OH is 3. The van der Waals surface area contributed by atoms with E-state index in [1.807, 2.05) is 0 Å². The summed E-state index contributed by atoms with van der Waals surface area (Å²) in [7, 11) is 0. The van der Waals surface area contributed by atoms with E-state index in [4.69, 9.17) is 5.11 Å². The molecule has 0 heterocycles. The average Bonchev–Trinajstić information content (AvgIpc) is 2.66. The van der Waals surface area contributed by atoms with E-state index in [1.54, 1.807) is 0 Å². The average molecular weight is 415 g/mol.